The molecule has 2 aromatic carbocycles. The zero-order valence-corrected chi connectivity index (χ0v) is 13.3. The van der Waals surface area contributed by atoms with E-state index in [0.29, 0.717) is 11.5 Å². The Labute approximate surface area is 130 Å². The first-order valence-electron chi connectivity index (χ1n) is 7.51. The maximum atomic E-state index is 13.1. The van der Waals surface area contributed by atoms with Crippen molar-refractivity contribution in [2.75, 3.05) is 0 Å². The van der Waals surface area contributed by atoms with E-state index in [1.165, 1.54) is 11.6 Å². The lowest BCUT2D eigenvalue weighted by atomic mass is 9.91. The average Bonchev–Trinajstić information content (AvgIpc) is 2.45. The van der Waals surface area contributed by atoms with E-state index in [1.807, 2.05) is 18.2 Å². The lowest BCUT2D eigenvalue weighted by Crippen LogP contribution is -2.10. The van der Waals surface area contributed by atoms with E-state index in [2.05, 4.69) is 19.9 Å². The van der Waals surface area contributed by atoms with E-state index in [1.54, 1.807) is 26.0 Å². The summed E-state index contributed by atoms with van der Waals surface area (Å²) >= 11 is 0. The minimum atomic E-state index is -4.31. The van der Waals surface area contributed by atoms with Crippen LogP contribution < -0.4 is 0 Å². The van der Waals surface area contributed by atoms with Crippen molar-refractivity contribution in [3.63, 3.8) is 0 Å². The van der Waals surface area contributed by atoms with Gasteiger partial charge in [-0.25, -0.2) is 0 Å². The predicted molar refractivity (Wildman–Crippen MR) is 85.1 cm³/mol. The third-order valence-electron chi connectivity index (χ3n) is 3.87. The zero-order valence-electron chi connectivity index (χ0n) is 13.3. The molecule has 0 saturated heterocycles. The first kappa shape index (κ1) is 16.6. The maximum absolute atomic E-state index is 13.1. The van der Waals surface area contributed by atoms with Crippen LogP contribution in [0.1, 0.15) is 56.2 Å². The van der Waals surface area contributed by atoms with Crippen LogP contribution >= 0.6 is 0 Å². The van der Waals surface area contributed by atoms with Gasteiger partial charge in [0.1, 0.15) is 0 Å². The Hall–Kier alpha value is -1.77. The third-order valence-corrected chi connectivity index (χ3v) is 3.87. The Bertz CT molecular complexity index is 652. The summed E-state index contributed by atoms with van der Waals surface area (Å²) in [6.07, 6.45) is -4.31. The molecule has 0 radical (unpaired) electrons. The number of alkyl halides is 3. The topological polar surface area (TPSA) is 0 Å². The van der Waals surface area contributed by atoms with Crippen LogP contribution in [0, 0.1) is 0 Å². The summed E-state index contributed by atoms with van der Waals surface area (Å²) in [4.78, 5) is 0. The molecule has 22 heavy (non-hydrogen) atoms. The molecule has 3 heteroatoms. The molecule has 118 valence electrons. The minimum absolute atomic E-state index is 0.176. The van der Waals surface area contributed by atoms with Crippen LogP contribution in [0.15, 0.2) is 42.5 Å². The van der Waals surface area contributed by atoms with Gasteiger partial charge in [-0.15, -0.1) is 0 Å². The van der Waals surface area contributed by atoms with Gasteiger partial charge in [-0.1, -0.05) is 64.1 Å². The van der Waals surface area contributed by atoms with Crippen LogP contribution in [-0.4, -0.2) is 0 Å². The van der Waals surface area contributed by atoms with Gasteiger partial charge >= 0.3 is 6.18 Å². The molecular formula is C19H21F3. The van der Waals surface area contributed by atoms with Crippen LogP contribution in [0.3, 0.4) is 0 Å². The molecule has 0 atom stereocenters. The molecule has 0 aliphatic heterocycles. The van der Waals surface area contributed by atoms with Gasteiger partial charge in [0, 0.05) is 0 Å². The molecule has 0 saturated carbocycles. The van der Waals surface area contributed by atoms with E-state index in [4.69, 9.17) is 0 Å². The first-order chi connectivity index (χ1) is 10.2. The number of rotatable bonds is 3. The second-order valence-electron chi connectivity index (χ2n) is 6.23. The summed E-state index contributed by atoms with van der Waals surface area (Å²) in [5.74, 6) is 0.212. The van der Waals surface area contributed by atoms with Crippen molar-refractivity contribution in [1.82, 2.24) is 0 Å². The fourth-order valence-electron chi connectivity index (χ4n) is 2.56. The van der Waals surface area contributed by atoms with Gasteiger partial charge in [0.25, 0.3) is 0 Å². The number of hydrogen-bond donors (Lipinski definition) is 0. The average molecular weight is 306 g/mol. The van der Waals surface area contributed by atoms with Gasteiger partial charge in [0.15, 0.2) is 0 Å². The standard InChI is InChI=1S/C19H21F3/c1-12(2)14-6-5-7-15(10-14)16-8-9-18(19(20,21)22)17(11-16)13(3)4/h5-13H,1-4H3. The van der Waals surface area contributed by atoms with E-state index in [0.717, 1.165) is 11.1 Å². The highest BCUT2D eigenvalue weighted by atomic mass is 19.4. The highest BCUT2D eigenvalue weighted by Gasteiger charge is 2.33. The molecule has 0 aliphatic carbocycles. The van der Waals surface area contributed by atoms with Crippen molar-refractivity contribution < 1.29 is 13.2 Å². The molecule has 0 aromatic heterocycles. The van der Waals surface area contributed by atoms with Crippen molar-refractivity contribution in [3.05, 3.63) is 59.2 Å². The summed E-state index contributed by atoms with van der Waals surface area (Å²) < 4.78 is 39.3. The van der Waals surface area contributed by atoms with Crippen molar-refractivity contribution in [1.29, 1.82) is 0 Å². The Morgan fingerprint density at radius 1 is 0.773 bits per heavy atom. The van der Waals surface area contributed by atoms with Crippen LogP contribution in [0.5, 0.6) is 0 Å². The van der Waals surface area contributed by atoms with Gasteiger partial charge in [0.2, 0.25) is 0 Å². The Balaban J connectivity index is 2.54. The van der Waals surface area contributed by atoms with Crippen molar-refractivity contribution in [2.24, 2.45) is 0 Å². The molecule has 0 heterocycles. The Morgan fingerprint density at radius 3 is 1.95 bits per heavy atom. The van der Waals surface area contributed by atoms with Crippen LogP contribution in [0.25, 0.3) is 11.1 Å². The normalized spacial score (nSPS) is 12.2. The highest BCUT2D eigenvalue weighted by molar-refractivity contribution is 5.66. The largest absolute Gasteiger partial charge is 0.416 e. The van der Waals surface area contributed by atoms with E-state index in [-0.39, 0.29) is 5.92 Å². The van der Waals surface area contributed by atoms with Crippen LogP contribution in [0.4, 0.5) is 13.2 Å². The van der Waals surface area contributed by atoms with Crippen molar-refractivity contribution >= 4 is 0 Å². The summed E-state index contributed by atoms with van der Waals surface area (Å²) in [6.45, 7) is 7.79. The summed E-state index contributed by atoms with van der Waals surface area (Å²) in [6, 6.07) is 12.4. The van der Waals surface area contributed by atoms with E-state index < -0.39 is 11.7 Å². The van der Waals surface area contributed by atoms with Gasteiger partial charge in [0.05, 0.1) is 5.56 Å². The second-order valence-corrected chi connectivity index (χ2v) is 6.23. The number of halogens is 3. The Morgan fingerprint density at radius 2 is 1.41 bits per heavy atom. The number of benzene rings is 2. The highest BCUT2D eigenvalue weighted by Crippen LogP contribution is 2.37. The molecule has 0 amide bonds. The zero-order chi connectivity index (χ0) is 16.5. The fraction of sp³-hybridized carbons (Fsp3) is 0.368. The molecule has 2 aromatic rings. The third kappa shape index (κ3) is 3.52. The van der Waals surface area contributed by atoms with Crippen molar-refractivity contribution in [2.45, 2.75) is 45.7 Å². The quantitative estimate of drug-likeness (QED) is 0.598. The SMILES string of the molecule is CC(C)c1cccc(-c2ccc(C(F)(F)F)c(C(C)C)c2)c1. The van der Waals surface area contributed by atoms with Gasteiger partial charge in [-0.3, -0.25) is 0 Å². The molecule has 0 N–H and O–H groups in total. The minimum Gasteiger partial charge on any atom is -0.166 e. The molecule has 0 spiro atoms. The molecular weight excluding hydrogens is 285 g/mol. The van der Waals surface area contributed by atoms with Gasteiger partial charge in [-0.05, 0) is 40.2 Å². The van der Waals surface area contributed by atoms with Gasteiger partial charge < -0.3 is 0 Å². The summed E-state index contributed by atoms with van der Waals surface area (Å²) in [5.41, 5.74) is 2.79. The van der Waals surface area contributed by atoms with Gasteiger partial charge in [-0.2, -0.15) is 13.2 Å². The monoisotopic (exact) mass is 306 g/mol. The second kappa shape index (κ2) is 6.15. The van der Waals surface area contributed by atoms with Crippen molar-refractivity contribution in [3.8, 4) is 11.1 Å². The van der Waals surface area contributed by atoms with E-state index in [9.17, 15) is 13.2 Å². The fourth-order valence-corrected chi connectivity index (χ4v) is 2.56. The molecule has 0 nitrogen and oxygen atoms in total. The number of hydrogen-bond acceptors (Lipinski definition) is 0. The molecule has 2 rings (SSSR count). The molecule has 0 aliphatic rings. The lowest BCUT2D eigenvalue weighted by Gasteiger charge is -2.17. The molecule has 0 unspecified atom stereocenters. The smallest absolute Gasteiger partial charge is 0.166 e. The Kier molecular flexibility index (Phi) is 4.64. The van der Waals surface area contributed by atoms with Crippen LogP contribution in [0.2, 0.25) is 0 Å². The summed E-state index contributed by atoms with van der Waals surface area (Å²) in [7, 11) is 0. The maximum Gasteiger partial charge on any atom is 0.416 e. The molecule has 0 fully saturated rings. The predicted octanol–water partition coefficient (Wildman–Crippen LogP) is 6.62. The van der Waals surface area contributed by atoms with E-state index >= 15 is 0 Å². The first-order valence-corrected chi connectivity index (χ1v) is 7.51. The summed E-state index contributed by atoms with van der Waals surface area (Å²) in [5, 5.41) is 0. The molecule has 0 bridgehead atoms. The lowest BCUT2D eigenvalue weighted by molar-refractivity contribution is -0.138. The van der Waals surface area contributed by atoms with Crippen LogP contribution in [-0.2, 0) is 6.18 Å².